The first kappa shape index (κ1) is 12.3. The minimum absolute atomic E-state index is 0.273. The zero-order valence-electron chi connectivity index (χ0n) is 11.4. The van der Waals surface area contributed by atoms with Crippen LogP contribution in [-0.2, 0) is 4.74 Å². The first-order valence-corrected chi connectivity index (χ1v) is 7.39. The lowest BCUT2D eigenvalue weighted by Gasteiger charge is -2.45. The van der Waals surface area contributed by atoms with Crippen molar-refractivity contribution in [1.29, 1.82) is 0 Å². The molecule has 0 aromatic rings. The molecular weight excluding hydrogens is 226 g/mol. The Labute approximate surface area is 110 Å². The molecule has 1 aliphatic heterocycles. The molecule has 0 aromatic heterocycles. The molecule has 102 valence electrons. The lowest BCUT2D eigenvalue weighted by atomic mass is 9.63. The highest BCUT2D eigenvalue weighted by molar-refractivity contribution is 5.78. The van der Waals surface area contributed by atoms with Crippen LogP contribution in [0.4, 0.5) is 0 Å². The fourth-order valence-electron chi connectivity index (χ4n) is 3.81. The Morgan fingerprint density at radius 1 is 1.33 bits per heavy atom. The molecule has 2 N–H and O–H groups in total. The fourth-order valence-corrected chi connectivity index (χ4v) is 3.81. The predicted octanol–water partition coefficient (Wildman–Crippen LogP) is 1.74. The van der Waals surface area contributed by atoms with E-state index >= 15 is 0 Å². The maximum atomic E-state index is 6.19. The van der Waals surface area contributed by atoms with E-state index in [1.165, 1.54) is 38.5 Å². The van der Waals surface area contributed by atoms with E-state index in [1.54, 1.807) is 0 Å². The van der Waals surface area contributed by atoms with E-state index in [2.05, 4.69) is 11.8 Å². The van der Waals surface area contributed by atoms with Gasteiger partial charge in [0.25, 0.3) is 0 Å². The summed E-state index contributed by atoms with van der Waals surface area (Å²) in [6.07, 6.45) is 8.40. The Hall–Kier alpha value is -0.770. The Balaban J connectivity index is 1.64. The van der Waals surface area contributed by atoms with E-state index in [1.807, 2.05) is 0 Å². The van der Waals surface area contributed by atoms with E-state index in [-0.39, 0.29) is 6.10 Å². The molecular formula is C14H25N3O. The standard InChI is InChI=1S/C14H25N3O/c1-11-10-17(8-9-18-11)13(15)16-12-4-7-14(12)5-2-3-6-14/h11-12H,2-10H2,1H3,(H2,15,16). The van der Waals surface area contributed by atoms with Gasteiger partial charge < -0.3 is 15.4 Å². The van der Waals surface area contributed by atoms with Gasteiger partial charge in [-0.05, 0) is 38.0 Å². The fraction of sp³-hybridized carbons (Fsp3) is 0.929. The Morgan fingerprint density at radius 3 is 2.72 bits per heavy atom. The van der Waals surface area contributed by atoms with Crippen LogP contribution in [0, 0.1) is 5.41 Å². The molecule has 0 radical (unpaired) electrons. The highest BCUT2D eigenvalue weighted by Crippen LogP contribution is 2.54. The largest absolute Gasteiger partial charge is 0.375 e. The van der Waals surface area contributed by atoms with Crippen molar-refractivity contribution in [3.63, 3.8) is 0 Å². The summed E-state index contributed by atoms with van der Waals surface area (Å²) in [5.74, 6) is 0.751. The minimum atomic E-state index is 0.273. The van der Waals surface area contributed by atoms with Crippen molar-refractivity contribution in [1.82, 2.24) is 4.90 Å². The summed E-state index contributed by atoms with van der Waals surface area (Å²) in [5, 5.41) is 0. The topological polar surface area (TPSA) is 50.8 Å². The number of aliphatic imine (C=N–C) groups is 1. The van der Waals surface area contributed by atoms with Gasteiger partial charge in [0.15, 0.2) is 5.96 Å². The van der Waals surface area contributed by atoms with Gasteiger partial charge in [0.1, 0.15) is 0 Å². The molecule has 2 atom stereocenters. The van der Waals surface area contributed by atoms with Crippen molar-refractivity contribution >= 4 is 5.96 Å². The van der Waals surface area contributed by atoms with E-state index in [0.717, 1.165) is 25.7 Å². The molecule has 2 saturated carbocycles. The second-order valence-electron chi connectivity index (χ2n) is 6.24. The van der Waals surface area contributed by atoms with Gasteiger partial charge in [-0.1, -0.05) is 12.8 Å². The SMILES string of the molecule is CC1CN(C(N)=NC2CCC23CCCC3)CCO1. The molecule has 2 unspecified atom stereocenters. The lowest BCUT2D eigenvalue weighted by molar-refractivity contribution is 0.00463. The number of hydrogen-bond acceptors (Lipinski definition) is 2. The van der Waals surface area contributed by atoms with Crippen LogP contribution < -0.4 is 5.73 Å². The Kier molecular flexibility index (Phi) is 3.22. The molecule has 0 aromatic carbocycles. The summed E-state index contributed by atoms with van der Waals surface area (Å²) in [5.41, 5.74) is 6.72. The Morgan fingerprint density at radius 2 is 2.11 bits per heavy atom. The maximum absolute atomic E-state index is 6.19. The highest BCUT2D eigenvalue weighted by Gasteiger charge is 2.48. The summed E-state index contributed by atoms with van der Waals surface area (Å²) < 4.78 is 5.54. The first-order valence-electron chi connectivity index (χ1n) is 7.39. The lowest BCUT2D eigenvalue weighted by Crippen LogP contribution is -2.50. The molecule has 18 heavy (non-hydrogen) atoms. The third-order valence-electron chi connectivity index (χ3n) is 5.08. The van der Waals surface area contributed by atoms with Crippen LogP contribution in [0.15, 0.2) is 4.99 Å². The van der Waals surface area contributed by atoms with Gasteiger partial charge >= 0.3 is 0 Å². The number of nitrogens with two attached hydrogens (primary N) is 1. The van der Waals surface area contributed by atoms with Gasteiger partial charge in [0.2, 0.25) is 0 Å². The van der Waals surface area contributed by atoms with Crippen LogP contribution >= 0.6 is 0 Å². The van der Waals surface area contributed by atoms with Crippen LogP contribution in [0.2, 0.25) is 0 Å². The van der Waals surface area contributed by atoms with Gasteiger partial charge in [-0.3, -0.25) is 0 Å². The van der Waals surface area contributed by atoms with Crippen LogP contribution in [0.5, 0.6) is 0 Å². The summed E-state index contributed by atoms with van der Waals surface area (Å²) >= 11 is 0. The highest BCUT2D eigenvalue weighted by atomic mass is 16.5. The average molecular weight is 251 g/mol. The second-order valence-corrected chi connectivity index (χ2v) is 6.24. The molecule has 0 bridgehead atoms. The predicted molar refractivity (Wildman–Crippen MR) is 72.5 cm³/mol. The van der Waals surface area contributed by atoms with Crippen molar-refractivity contribution in [3.05, 3.63) is 0 Å². The molecule has 2 aliphatic carbocycles. The molecule has 3 fully saturated rings. The zero-order chi connectivity index (χ0) is 12.6. The molecule has 0 amide bonds. The summed E-state index contributed by atoms with van der Waals surface area (Å²) in [6, 6.07) is 0.498. The molecule has 4 heteroatoms. The van der Waals surface area contributed by atoms with Crippen molar-refractivity contribution in [2.75, 3.05) is 19.7 Å². The van der Waals surface area contributed by atoms with Crippen LogP contribution in [0.3, 0.4) is 0 Å². The molecule has 4 nitrogen and oxygen atoms in total. The molecule has 1 spiro atoms. The van der Waals surface area contributed by atoms with Crippen molar-refractivity contribution in [2.45, 2.75) is 57.6 Å². The van der Waals surface area contributed by atoms with Gasteiger partial charge in [-0.15, -0.1) is 0 Å². The monoisotopic (exact) mass is 251 g/mol. The van der Waals surface area contributed by atoms with E-state index < -0.39 is 0 Å². The quantitative estimate of drug-likeness (QED) is 0.570. The van der Waals surface area contributed by atoms with Gasteiger partial charge in [-0.25, -0.2) is 4.99 Å². The summed E-state index contributed by atoms with van der Waals surface area (Å²) in [7, 11) is 0. The van der Waals surface area contributed by atoms with Crippen LogP contribution in [0.1, 0.15) is 45.4 Å². The third kappa shape index (κ3) is 2.11. The molecule has 3 aliphatic rings. The van der Waals surface area contributed by atoms with Crippen molar-refractivity contribution in [3.8, 4) is 0 Å². The van der Waals surface area contributed by atoms with Crippen molar-refractivity contribution < 1.29 is 4.74 Å². The number of guanidine groups is 1. The molecule has 1 heterocycles. The van der Waals surface area contributed by atoms with E-state index in [9.17, 15) is 0 Å². The molecule has 3 rings (SSSR count). The maximum Gasteiger partial charge on any atom is 0.191 e. The van der Waals surface area contributed by atoms with E-state index in [4.69, 9.17) is 15.5 Å². The number of nitrogens with zero attached hydrogens (tertiary/aromatic N) is 2. The van der Waals surface area contributed by atoms with Crippen molar-refractivity contribution in [2.24, 2.45) is 16.1 Å². The normalized spacial score (nSPS) is 35.8. The number of hydrogen-bond donors (Lipinski definition) is 1. The smallest absolute Gasteiger partial charge is 0.191 e. The summed E-state index contributed by atoms with van der Waals surface area (Å²) in [6.45, 7) is 4.64. The van der Waals surface area contributed by atoms with Crippen LogP contribution in [0.25, 0.3) is 0 Å². The van der Waals surface area contributed by atoms with E-state index in [0.29, 0.717) is 11.5 Å². The Bertz CT molecular complexity index is 336. The summed E-state index contributed by atoms with van der Waals surface area (Å²) in [4.78, 5) is 7.03. The third-order valence-corrected chi connectivity index (χ3v) is 5.08. The van der Waals surface area contributed by atoms with Gasteiger partial charge in [0.05, 0.1) is 18.8 Å². The van der Waals surface area contributed by atoms with Gasteiger partial charge in [0, 0.05) is 13.1 Å². The first-order chi connectivity index (χ1) is 8.70. The zero-order valence-corrected chi connectivity index (χ0v) is 11.4. The average Bonchev–Trinajstić information content (AvgIpc) is 2.86. The minimum Gasteiger partial charge on any atom is -0.375 e. The molecule has 1 saturated heterocycles. The number of ether oxygens (including phenoxy) is 1. The number of rotatable bonds is 1. The van der Waals surface area contributed by atoms with Gasteiger partial charge in [-0.2, -0.15) is 0 Å². The second kappa shape index (κ2) is 4.72. The number of morpholine rings is 1. The van der Waals surface area contributed by atoms with Crippen LogP contribution in [-0.4, -0.2) is 42.7 Å².